The van der Waals surface area contributed by atoms with E-state index in [2.05, 4.69) is 17.3 Å². The number of pyridine rings is 1. The molecule has 2 unspecified atom stereocenters. The molecule has 3 N–H and O–H groups in total. The Morgan fingerprint density at radius 3 is 2.76 bits per heavy atom. The lowest BCUT2D eigenvalue weighted by molar-refractivity contribution is -0.137. The highest BCUT2D eigenvalue weighted by molar-refractivity contribution is 5.41. The number of nitrogens with zero attached hydrogens (tertiary/aromatic N) is 1. The third kappa shape index (κ3) is 4.23. The Morgan fingerprint density at radius 1 is 1.38 bits per heavy atom. The van der Waals surface area contributed by atoms with E-state index in [4.69, 9.17) is 10.6 Å². The normalized spacial score (nSPS) is 22.9. The van der Waals surface area contributed by atoms with Gasteiger partial charge >= 0.3 is 6.18 Å². The highest BCUT2D eigenvalue weighted by Crippen LogP contribution is 2.34. The molecule has 1 heterocycles. The van der Waals surface area contributed by atoms with Gasteiger partial charge in [0, 0.05) is 6.07 Å². The highest BCUT2D eigenvalue weighted by Gasteiger charge is 2.32. The molecular weight excluding hydrogens is 283 g/mol. The maximum Gasteiger partial charge on any atom is 0.416 e. The summed E-state index contributed by atoms with van der Waals surface area (Å²) in [5, 5.41) is 0. The van der Waals surface area contributed by atoms with E-state index < -0.39 is 11.7 Å². The summed E-state index contributed by atoms with van der Waals surface area (Å²) in [6.45, 7) is 2.12. The van der Waals surface area contributed by atoms with Crippen LogP contribution in [-0.4, -0.2) is 11.1 Å². The molecule has 0 radical (unpaired) electrons. The lowest BCUT2D eigenvalue weighted by Crippen LogP contribution is -2.26. The number of hydrogen-bond acceptors (Lipinski definition) is 4. The van der Waals surface area contributed by atoms with E-state index in [0.717, 1.165) is 44.2 Å². The zero-order valence-corrected chi connectivity index (χ0v) is 11.9. The van der Waals surface area contributed by atoms with E-state index in [1.165, 1.54) is 0 Å². The molecule has 2 rings (SSSR count). The monoisotopic (exact) mass is 303 g/mol. The number of nitrogen functional groups attached to an aromatic ring is 1. The third-order valence-electron chi connectivity index (χ3n) is 3.88. The Balaban J connectivity index is 2.15. The summed E-state index contributed by atoms with van der Waals surface area (Å²) in [4.78, 5) is 3.95. The lowest BCUT2D eigenvalue weighted by atomic mass is 9.85. The summed E-state index contributed by atoms with van der Waals surface area (Å²) in [6.07, 6.45) is 0.424. The van der Waals surface area contributed by atoms with Gasteiger partial charge < -0.3 is 10.2 Å². The van der Waals surface area contributed by atoms with Crippen molar-refractivity contribution in [2.45, 2.75) is 51.3 Å². The fourth-order valence-electron chi connectivity index (χ4n) is 2.69. The molecule has 0 amide bonds. The predicted molar refractivity (Wildman–Crippen MR) is 73.7 cm³/mol. The molecule has 1 aromatic rings. The van der Waals surface area contributed by atoms with E-state index in [9.17, 15) is 13.2 Å². The second-order valence-corrected chi connectivity index (χ2v) is 5.40. The number of alkyl halides is 3. The Morgan fingerprint density at radius 2 is 2.14 bits per heavy atom. The molecule has 0 aromatic carbocycles. The average molecular weight is 303 g/mol. The molecule has 1 aliphatic carbocycles. The van der Waals surface area contributed by atoms with Gasteiger partial charge in [0.2, 0.25) is 5.88 Å². The number of ether oxygens (including phenoxy) is 1. The van der Waals surface area contributed by atoms with E-state index in [-0.39, 0.29) is 17.8 Å². The molecule has 4 nitrogen and oxygen atoms in total. The number of aromatic nitrogens is 1. The maximum absolute atomic E-state index is 12.8. The van der Waals surface area contributed by atoms with Crippen LogP contribution in [0.25, 0.3) is 0 Å². The van der Waals surface area contributed by atoms with E-state index in [0.29, 0.717) is 5.92 Å². The van der Waals surface area contributed by atoms with Gasteiger partial charge in [0.15, 0.2) is 0 Å². The van der Waals surface area contributed by atoms with E-state index in [1.54, 1.807) is 0 Å². The van der Waals surface area contributed by atoms with Crippen molar-refractivity contribution < 1.29 is 17.9 Å². The number of halogens is 3. The molecule has 118 valence electrons. The van der Waals surface area contributed by atoms with Crippen LogP contribution < -0.4 is 16.0 Å². The van der Waals surface area contributed by atoms with Crippen molar-refractivity contribution in [1.82, 2.24) is 4.98 Å². The first-order valence-electron chi connectivity index (χ1n) is 7.15. The summed E-state index contributed by atoms with van der Waals surface area (Å²) in [7, 11) is 0. The van der Waals surface area contributed by atoms with Crippen molar-refractivity contribution in [2.75, 3.05) is 5.43 Å². The fraction of sp³-hybridized carbons (Fsp3) is 0.643. The Hall–Kier alpha value is -1.50. The van der Waals surface area contributed by atoms with Gasteiger partial charge in [0.05, 0.1) is 5.56 Å². The smallest absolute Gasteiger partial charge is 0.416 e. The Kier molecular flexibility index (Phi) is 4.92. The van der Waals surface area contributed by atoms with Gasteiger partial charge in [-0.3, -0.25) is 0 Å². The Bertz CT molecular complexity index is 479. The molecule has 21 heavy (non-hydrogen) atoms. The minimum atomic E-state index is -4.45. The van der Waals surface area contributed by atoms with Crippen LogP contribution in [0.15, 0.2) is 12.1 Å². The Labute approximate surface area is 121 Å². The summed E-state index contributed by atoms with van der Waals surface area (Å²) in [6, 6.07) is 1.79. The molecule has 0 saturated heterocycles. The molecule has 0 spiro atoms. The number of hydrogen-bond donors (Lipinski definition) is 2. The number of nitrogens with one attached hydrogen (secondary N) is 1. The quantitative estimate of drug-likeness (QED) is 0.657. The second-order valence-electron chi connectivity index (χ2n) is 5.40. The number of rotatable bonds is 4. The van der Waals surface area contributed by atoms with Crippen molar-refractivity contribution >= 4 is 5.82 Å². The van der Waals surface area contributed by atoms with E-state index in [1.807, 2.05) is 0 Å². The lowest BCUT2D eigenvalue weighted by Gasteiger charge is -2.28. The molecule has 7 heteroatoms. The fourth-order valence-corrected chi connectivity index (χ4v) is 2.69. The molecule has 1 aliphatic rings. The largest absolute Gasteiger partial charge is 0.474 e. The van der Waals surface area contributed by atoms with Gasteiger partial charge in [-0.2, -0.15) is 18.2 Å². The maximum atomic E-state index is 12.8. The summed E-state index contributed by atoms with van der Waals surface area (Å²) in [5.41, 5.74) is 1.33. The first kappa shape index (κ1) is 15.9. The van der Waals surface area contributed by atoms with Crippen LogP contribution in [0.2, 0.25) is 0 Å². The number of nitrogens with two attached hydrogens (primary N) is 1. The minimum absolute atomic E-state index is 0.0282. The second kappa shape index (κ2) is 6.51. The topological polar surface area (TPSA) is 60.2 Å². The van der Waals surface area contributed by atoms with E-state index >= 15 is 0 Å². The van der Waals surface area contributed by atoms with Crippen LogP contribution in [0.4, 0.5) is 19.0 Å². The zero-order valence-electron chi connectivity index (χ0n) is 11.9. The molecule has 1 aromatic heterocycles. The first-order valence-corrected chi connectivity index (χ1v) is 7.15. The van der Waals surface area contributed by atoms with Crippen LogP contribution in [0, 0.1) is 5.92 Å². The minimum Gasteiger partial charge on any atom is -0.474 e. The molecule has 0 aliphatic heterocycles. The van der Waals surface area contributed by atoms with Gasteiger partial charge in [0.1, 0.15) is 11.9 Å². The van der Waals surface area contributed by atoms with Crippen molar-refractivity contribution in [1.29, 1.82) is 0 Å². The van der Waals surface area contributed by atoms with Crippen molar-refractivity contribution in [2.24, 2.45) is 11.8 Å². The van der Waals surface area contributed by atoms with Crippen molar-refractivity contribution in [3.8, 4) is 5.88 Å². The van der Waals surface area contributed by atoms with Gasteiger partial charge in [-0.25, -0.2) is 5.84 Å². The SMILES string of the molecule is CCC1CCCC(Oc2cc(C(F)(F)F)cc(NN)n2)C1. The molecule has 1 saturated carbocycles. The first-order chi connectivity index (χ1) is 9.92. The predicted octanol–water partition coefficient (Wildman–Crippen LogP) is 3.73. The zero-order chi connectivity index (χ0) is 15.5. The molecule has 0 bridgehead atoms. The van der Waals surface area contributed by atoms with Crippen molar-refractivity contribution in [3.63, 3.8) is 0 Å². The van der Waals surface area contributed by atoms with Crippen LogP contribution in [0.1, 0.15) is 44.6 Å². The summed E-state index contributed by atoms with van der Waals surface area (Å²) < 4.78 is 44.1. The van der Waals surface area contributed by atoms with Gasteiger partial charge in [-0.05, 0) is 31.2 Å². The standard InChI is InChI=1S/C14H20F3N3O/c1-2-9-4-3-5-11(6-9)21-13-8-10(14(15,16)17)7-12(19-13)20-18/h7-9,11H,2-6,18H2,1H3,(H,19,20). The summed E-state index contributed by atoms with van der Waals surface area (Å²) >= 11 is 0. The van der Waals surface area contributed by atoms with Crippen LogP contribution in [-0.2, 0) is 6.18 Å². The van der Waals surface area contributed by atoms with Gasteiger partial charge in [0.25, 0.3) is 0 Å². The number of hydrazine groups is 1. The van der Waals surface area contributed by atoms with Crippen LogP contribution >= 0.6 is 0 Å². The van der Waals surface area contributed by atoms with Gasteiger partial charge in [-0.1, -0.05) is 19.8 Å². The van der Waals surface area contributed by atoms with Gasteiger partial charge in [-0.15, -0.1) is 0 Å². The molecular formula is C14H20F3N3O. The van der Waals surface area contributed by atoms with Crippen LogP contribution in [0.3, 0.4) is 0 Å². The number of anilines is 1. The van der Waals surface area contributed by atoms with Crippen LogP contribution in [0.5, 0.6) is 5.88 Å². The van der Waals surface area contributed by atoms with Crippen molar-refractivity contribution in [3.05, 3.63) is 17.7 Å². The average Bonchev–Trinajstić information content (AvgIpc) is 2.46. The third-order valence-corrected chi connectivity index (χ3v) is 3.88. The molecule has 2 atom stereocenters. The summed E-state index contributed by atoms with van der Waals surface area (Å²) in [5.74, 6) is 5.66. The highest BCUT2D eigenvalue weighted by atomic mass is 19.4. The molecule has 1 fully saturated rings.